The van der Waals surface area contributed by atoms with Gasteiger partial charge in [-0.1, -0.05) is 16.8 Å². The van der Waals surface area contributed by atoms with E-state index in [4.69, 9.17) is 11.6 Å². The molecule has 0 bridgehead atoms. The van der Waals surface area contributed by atoms with Crippen LogP contribution in [-0.2, 0) is 10.2 Å². The van der Waals surface area contributed by atoms with Crippen LogP contribution in [0.2, 0.25) is 5.02 Å². The Morgan fingerprint density at radius 2 is 2.00 bits per heavy atom. The third kappa shape index (κ3) is 3.69. The summed E-state index contributed by atoms with van der Waals surface area (Å²) in [6.45, 7) is -1.19. The van der Waals surface area contributed by atoms with Crippen molar-refractivity contribution in [3.8, 4) is 5.82 Å². The van der Waals surface area contributed by atoms with Crippen molar-refractivity contribution in [3.05, 3.63) is 71.0 Å². The van der Waals surface area contributed by atoms with Crippen molar-refractivity contribution in [1.82, 2.24) is 49.6 Å². The number of alkyl halides is 2. The molecule has 0 spiro atoms. The van der Waals surface area contributed by atoms with Crippen LogP contribution in [0.1, 0.15) is 42.8 Å². The summed E-state index contributed by atoms with van der Waals surface area (Å²) in [6, 6.07) is 2.63. The molecule has 1 aliphatic carbocycles. The molecule has 37 heavy (non-hydrogen) atoms. The van der Waals surface area contributed by atoms with E-state index in [0.717, 1.165) is 12.3 Å². The van der Waals surface area contributed by atoms with E-state index in [1.807, 2.05) is 0 Å². The molecule has 5 aromatic rings. The number of aromatic nitrogens is 10. The van der Waals surface area contributed by atoms with Crippen LogP contribution in [0.25, 0.3) is 11.5 Å². The summed E-state index contributed by atoms with van der Waals surface area (Å²) in [5, 5.41) is 22.2. The molecule has 1 amide bonds. The molecule has 0 saturated heterocycles. The highest BCUT2D eigenvalue weighted by Crippen LogP contribution is 2.49. The van der Waals surface area contributed by atoms with Crippen molar-refractivity contribution in [2.75, 3.05) is 5.32 Å². The molecule has 0 aliphatic heterocycles. The van der Waals surface area contributed by atoms with Gasteiger partial charge in [0.2, 0.25) is 11.9 Å². The summed E-state index contributed by atoms with van der Waals surface area (Å²) in [5.74, 6) is -1.76. The minimum absolute atomic E-state index is 0.106. The van der Waals surface area contributed by atoms with Crippen molar-refractivity contribution in [3.63, 3.8) is 0 Å². The summed E-state index contributed by atoms with van der Waals surface area (Å²) >= 11 is 6.32. The Hall–Kier alpha value is -4.40. The molecule has 0 saturated carbocycles. The van der Waals surface area contributed by atoms with Crippen molar-refractivity contribution in [2.45, 2.75) is 31.2 Å². The maximum absolute atomic E-state index is 14.1. The van der Waals surface area contributed by atoms with Gasteiger partial charge in [-0.05, 0) is 19.4 Å². The lowest BCUT2D eigenvalue weighted by atomic mass is 9.83. The van der Waals surface area contributed by atoms with Crippen LogP contribution in [0, 0.1) is 5.95 Å². The maximum atomic E-state index is 14.1. The van der Waals surface area contributed by atoms with E-state index in [2.05, 4.69) is 40.9 Å². The van der Waals surface area contributed by atoms with Crippen LogP contribution in [0.3, 0.4) is 0 Å². The number of amides is 1. The van der Waals surface area contributed by atoms with Crippen LogP contribution in [0.4, 0.5) is 18.9 Å². The molecule has 16 heteroatoms. The van der Waals surface area contributed by atoms with E-state index in [0.29, 0.717) is 21.6 Å². The van der Waals surface area contributed by atoms with Gasteiger partial charge in [-0.2, -0.15) is 28.1 Å². The maximum Gasteiger partial charge on any atom is 0.334 e. The minimum Gasteiger partial charge on any atom is -0.324 e. The number of nitrogens with one attached hydrogen (secondary N) is 1. The third-order valence-electron chi connectivity index (χ3n) is 6.28. The number of halogens is 4. The number of hydrogen-bond donors (Lipinski definition) is 1. The fourth-order valence-electron chi connectivity index (χ4n) is 4.63. The van der Waals surface area contributed by atoms with Crippen molar-refractivity contribution >= 4 is 28.8 Å². The van der Waals surface area contributed by atoms with Gasteiger partial charge in [0.05, 0.1) is 58.2 Å². The van der Waals surface area contributed by atoms with Crippen molar-refractivity contribution in [2.24, 2.45) is 0 Å². The lowest BCUT2D eigenvalue weighted by Crippen LogP contribution is -2.26. The Balaban J connectivity index is 1.38. The standard InChI is InChI=1S/C21H15ClF3N11O/c1-21(14-9-34(20(24)25)33-31-14)6-11(12-8-26-16-5-15(23)32-35(16)17(12)21)19(37)30-10-4-13(22)18(27-7-10)36-28-2-3-29-36/h2-5,7-9,11,20H,6H2,1H3,(H,30,37)/t11-,21-/m1/s1. The number of rotatable bonds is 5. The van der Waals surface area contributed by atoms with Crippen LogP contribution in [0.15, 0.2) is 43.1 Å². The molecule has 5 aromatic heterocycles. The molecule has 0 unspecified atom stereocenters. The molecule has 5 heterocycles. The molecular formula is C21H15ClF3N11O. The van der Waals surface area contributed by atoms with Gasteiger partial charge in [-0.15, -0.1) is 15.0 Å². The molecule has 6 rings (SSSR count). The Labute approximate surface area is 210 Å². The highest BCUT2D eigenvalue weighted by Gasteiger charge is 2.49. The van der Waals surface area contributed by atoms with Gasteiger partial charge in [0, 0.05) is 17.8 Å². The van der Waals surface area contributed by atoms with Gasteiger partial charge >= 0.3 is 6.55 Å². The second-order valence-corrected chi connectivity index (χ2v) is 8.99. The molecule has 2 atom stereocenters. The fraction of sp³-hybridized carbons (Fsp3) is 0.238. The van der Waals surface area contributed by atoms with Gasteiger partial charge in [0.25, 0.3) is 0 Å². The molecule has 188 valence electrons. The average Bonchev–Trinajstić information content (AvgIpc) is 3.64. The molecule has 0 fully saturated rings. The van der Waals surface area contributed by atoms with Crippen LogP contribution in [-0.4, -0.2) is 55.5 Å². The lowest BCUT2D eigenvalue weighted by Gasteiger charge is -2.23. The second-order valence-electron chi connectivity index (χ2n) is 8.59. The first-order valence-corrected chi connectivity index (χ1v) is 11.2. The quantitative estimate of drug-likeness (QED) is 0.367. The van der Waals surface area contributed by atoms with Gasteiger partial charge in [-0.25, -0.2) is 14.5 Å². The Morgan fingerprint density at radius 3 is 2.70 bits per heavy atom. The van der Waals surface area contributed by atoms with E-state index in [-0.39, 0.29) is 28.6 Å². The van der Waals surface area contributed by atoms with Gasteiger partial charge < -0.3 is 5.32 Å². The number of pyridine rings is 1. The first-order valence-electron chi connectivity index (χ1n) is 10.8. The number of hydrogen-bond acceptors (Lipinski definition) is 8. The second kappa shape index (κ2) is 8.33. The van der Waals surface area contributed by atoms with E-state index >= 15 is 0 Å². The summed E-state index contributed by atoms with van der Waals surface area (Å²) in [5.41, 5.74) is 0.411. The molecule has 0 aromatic carbocycles. The molecule has 1 N–H and O–H groups in total. The van der Waals surface area contributed by atoms with Crippen LogP contribution < -0.4 is 5.32 Å². The van der Waals surface area contributed by atoms with E-state index < -0.39 is 29.7 Å². The van der Waals surface area contributed by atoms with Crippen molar-refractivity contribution < 1.29 is 18.0 Å². The normalized spacial score (nSPS) is 19.0. The highest BCUT2D eigenvalue weighted by molar-refractivity contribution is 6.32. The molecular weight excluding hydrogens is 515 g/mol. The zero-order chi connectivity index (χ0) is 25.9. The Kier molecular flexibility index (Phi) is 5.18. The number of fused-ring (bicyclic) bond motifs is 3. The first kappa shape index (κ1) is 23.0. The zero-order valence-corrected chi connectivity index (χ0v) is 19.6. The predicted octanol–water partition coefficient (Wildman–Crippen LogP) is 2.92. The zero-order valence-electron chi connectivity index (χ0n) is 18.8. The van der Waals surface area contributed by atoms with E-state index in [1.54, 1.807) is 6.92 Å². The number of nitrogens with zero attached hydrogens (tertiary/aromatic N) is 10. The minimum atomic E-state index is -2.90. The molecule has 12 nitrogen and oxygen atoms in total. The van der Waals surface area contributed by atoms with E-state index in [9.17, 15) is 18.0 Å². The highest BCUT2D eigenvalue weighted by atomic mass is 35.5. The van der Waals surface area contributed by atoms with Gasteiger partial charge in [0.1, 0.15) is 0 Å². The Morgan fingerprint density at radius 1 is 1.22 bits per heavy atom. The first-order chi connectivity index (χ1) is 17.7. The van der Waals surface area contributed by atoms with Crippen LogP contribution in [0.5, 0.6) is 0 Å². The third-order valence-corrected chi connectivity index (χ3v) is 6.56. The summed E-state index contributed by atoms with van der Waals surface area (Å²) in [6.07, 6.45) is 7.01. The van der Waals surface area contributed by atoms with Gasteiger partial charge in [-0.3, -0.25) is 4.79 Å². The summed E-state index contributed by atoms with van der Waals surface area (Å²) in [4.78, 5) is 23.2. The average molecular weight is 530 g/mol. The predicted molar refractivity (Wildman–Crippen MR) is 121 cm³/mol. The SMILES string of the molecule is C[C@]1(c2cn(C(F)F)nn2)C[C@@H](C(=O)Nc2cnc(-n3nccn3)c(Cl)c2)c2cnc3cc(F)nn3c21. The summed E-state index contributed by atoms with van der Waals surface area (Å²) in [7, 11) is 0. The van der Waals surface area contributed by atoms with Crippen molar-refractivity contribution in [1.29, 1.82) is 0 Å². The number of carbonyl (C=O) groups is 1. The fourth-order valence-corrected chi connectivity index (χ4v) is 4.87. The monoisotopic (exact) mass is 529 g/mol. The Bertz CT molecular complexity index is 1650. The topological polar surface area (TPSA) is 134 Å². The summed E-state index contributed by atoms with van der Waals surface area (Å²) < 4.78 is 42.2. The van der Waals surface area contributed by atoms with Gasteiger partial charge in [0.15, 0.2) is 11.5 Å². The smallest absolute Gasteiger partial charge is 0.324 e. The molecule has 1 aliphatic rings. The largest absolute Gasteiger partial charge is 0.334 e. The molecule has 0 radical (unpaired) electrons. The van der Waals surface area contributed by atoms with Crippen LogP contribution >= 0.6 is 11.6 Å². The van der Waals surface area contributed by atoms with E-state index in [1.165, 1.54) is 40.2 Å². The lowest BCUT2D eigenvalue weighted by molar-refractivity contribution is -0.117. The number of anilines is 1. The number of carbonyl (C=O) groups excluding carboxylic acids is 1.